The first-order chi connectivity index (χ1) is 12.6. The van der Waals surface area contributed by atoms with Crippen molar-refractivity contribution in [2.75, 3.05) is 52.5 Å². The lowest BCUT2D eigenvalue weighted by Gasteiger charge is -2.37. The minimum absolute atomic E-state index is 0.437. The van der Waals surface area contributed by atoms with Gasteiger partial charge in [-0.3, -0.25) is 9.89 Å². The van der Waals surface area contributed by atoms with Crippen molar-refractivity contribution in [1.29, 1.82) is 0 Å². The Kier molecular flexibility index (Phi) is 7.17. The summed E-state index contributed by atoms with van der Waals surface area (Å²) in [6, 6.07) is 4.08. The Morgan fingerprint density at radius 2 is 2.04 bits per heavy atom. The summed E-state index contributed by atoms with van der Waals surface area (Å²) in [7, 11) is 0. The molecule has 0 spiro atoms. The van der Waals surface area contributed by atoms with Crippen LogP contribution in [0.3, 0.4) is 0 Å². The normalized spacial score (nSPS) is 21.8. The minimum atomic E-state index is -0.723. The summed E-state index contributed by atoms with van der Waals surface area (Å²) in [6.07, 6.45) is 1.32. The summed E-state index contributed by atoms with van der Waals surface area (Å²) in [5, 5.41) is 14.0. The van der Waals surface area contributed by atoms with Gasteiger partial charge in [-0.05, 0) is 19.1 Å². The van der Waals surface area contributed by atoms with E-state index >= 15 is 0 Å². The monoisotopic (exact) mass is 400 g/mol. The highest BCUT2D eigenvalue weighted by atomic mass is 35.5. The number of piperazine rings is 1. The van der Waals surface area contributed by atoms with Crippen molar-refractivity contribution in [2.45, 2.75) is 31.9 Å². The fraction of sp³-hybridized carbons (Fsp3) is 0.722. The first kappa shape index (κ1) is 19.9. The highest BCUT2D eigenvalue weighted by Crippen LogP contribution is 2.23. The third-order valence-electron chi connectivity index (χ3n) is 4.96. The molecular weight excluding hydrogens is 372 g/mol. The van der Waals surface area contributed by atoms with E-state index in [0.29, 0.717) is 32.6 Å². The van der Waals surface area contributed by atoms with Gasteiger partial charge < -0.3 is 20.1 Å². The van der Waals surface area contributed by atoms with Crippen LogP contribution in [0.5, 0.6) is 0 Å². The summed E-state index contributed by atoms with van der Waals surface area (Å²) in [6.45, 7) is 9.41. The van der Waals surface area contributed by atoms with Crippen molar-refractivity contribution in [1.82, 2.24) is 15.1 Å². The Morgan fingerprint density at radius 3 is 2.65 bits per heavy atom. The summed E-state index contributed by atoms with van der Waals surface area (Å²) >= 11 is 7.68. The van der Waals surface area contributed by atoms with Gasteiger partial charge >= 0.3 is 0 Å². The lowest BCUT2D eigenvalue weighted by Crippen LogP contribution is -2.52. The Bertz CT molecular complexity index is 596. The van der Waals surface area contributed by atoms with Crippen molar-refractivity contribution in [2.24, 2.45) is 4.99 Å². The lowest BCUT2D eigenvalue weighted by molar-refractivity contribution is -0.0567. The van der Waals surface area contributed by atoms with Gasteiger partial charge in [0.1, 0.15) is 0 Å². The van der Waals surface area contributed by atoms with E-state index in [1.807, 2.05) is 6.07 Å². The average Bonchev–Trinajstić information content (AvgIpc) is 3.05. The van der Waals surface area contributed by atoms with Crippen LogP contribution >= 0.6 is 22.9 Å². The fourth-order valence-electron chi connectivity index (χ4n) is 3.33. The van der Waals surface area contributed by atoms with E-state index in [1.165, 1.54) is 4.88 Å². The number of hydrogen-bond acceptors (Lipinski definition) is 5. The van der Waals surface area contributed by atoms with E-state index in [9.17, 15) is 5.11 Å². The molecule has 2 N–H and O–H groups in total. The van der Waals surface area contributed by atoms with Gasteiger partial charge in [0, 0.05) is 70.2 Å². The molecule has 3 heterocycles. The van der Waals surface area contributed by atoms with Gasteiger partial charge in [-0.25, -0.2) is 0 Å². The average molecular weight is 401 g/mol. The highest BCUT2D eigenvalue weighted by Gasteiger charge is 2.30. The fourth-order valence-corrected chi connectivity index (χ4v) is 4.46. The van der Waals surface area contributed by atoms with Crippen LogP contribution in [0.4, 0.5) is 0 Å². The zero-order valence-electron chi connectivity index (χ0n) is 15.4. The number of thiophene rings is 1. The first-order valence-electron chi connectivity index (χ1n) is 9.38. The largest absolute Gasteiger partial charge is 0.388 e. The molecule has 2 saturated heterocycles. The van der Waals surface area contributed by atoms with E-state index in [4.69, 9.17) is 21.3 Å². The van der Waals surface area contributed by atoms with Gasteiger partial charge in [-0.1, -0.05) is 11.6 Å². The molecular formula is C18H29ClN4O2S. The molecule has 3 rings (SSSR count). The summed E-state index contributed by atoms with van der Waals surface area (Å²) < 4.78 is 6.20. The molecule has 1 aromatic rings. The molecule has 0 radical (unpaired) electrons. The van der Waals surface area contributed by atoms with Crippen molar-refractivity contribution < 1.29 is 9.84 Å². The molecule has 26 heavy (non-hydrogen) atoms. The maximum atomic E-state index is 10.6. The molecule has 2 aliphatic heterocycles. The smallest absolute Gasteiger partial charge is 0.194 e. The van der Waals surface area contributed by atoms with Crippen LogP contribution in [0.2, 0.25) is 4.34 Å². The van der Waals surface area contributed by atoms with Crippen LogP contribution < -0.4 is 5.32 Å². The number of aliphatic imine (C=N–C) groups is 1. The van der Waals surface area contributed by atoms with Crippen LogP contribution in [-0.2, 0) is 11.3 Å². The van der Waals surface area contributed by atoms with Gasteiger partial charge in [0.25, 0.3) is 0 Å². The molecule has 6 nitrogen and oxygen atoms in total. The predicted molar refractivity (Wildman–Crippen MR) is 107 cm³/mol. The SMILES string of the molecule is CCNC(=NCC1(O)CCOCC1)N1CCN(Cc2ccc(Cl)s2)CC1. The Morgan fingerprint density at radius 1 is 1.31 bits per heavy atom. The van der Waals surface area contributed by atoms with Crippen molar-refractivity contribution >= 4 is 28.9 Å². The van der Waals surface area contributed by atoms with Gasteiger partial charge in [0.2, 0.25) is 0 Å². The number of nitrogens with zero attached hydrogens (tertiary/aromatic N) is 3. The van der Waals surface area contributed by atoms with Crippen molar-refractivity contribution in [3.05, 3.63) is 21.3 Å². The van der Waals surface area contributed by atoms with Crippen LogP contribution in [-0.4, -0.2) is 78.9 Å². The summed E-state index contributed by atoms with van der Waals surface area (Å²) in [4.78, 5) is 10.8. The Hall–Kier alpha value is -0.860. The zero-order chi connectivity index (χ0) is 18.4. The topological polar surface area (TPSA) is 60.3 Å². The van der Waals surface area contributed by atoms with E-state index in [0.717, 1.165) is 49.6 Å². The molecule has 2 fully saturated rings. The molecule has 0 aliphatic carbocycles. The predicted octanol–water partition coefficient (Wildman–Crippen LogP) is 2.03. The number of nitrogens with one attached hydrogen (secondary N) is 1. The van der Waals surface area contributed by atoms with Gasteiger partial charge in [-0.2, -0.15) is 0 Å². The third kappa shape index (κ3) is 5.57. The maximum absolute atomic E-state index is 10.6. The molecule has 0 saturated carbocycles. The van der Waals surface area contributed by atoms with Crippen molar-refractivity contribution in [3.63, 3.8) is 0 Å². The number of aliphatic hydroxyl groups is 1. The number of rotatable bonds is 5. The van der Waals surface area contributed by atoms with E-state index < -0.39 is 5.60 Å². The molecule has 0 bridgehead atoms. The van der Waals surface area contributed by atoms with E-state index in [1.54, 1.807) is 11.3 Å². The molecule has 146 valence electrons. The Labute approximate surface area is 164 Å². The minimum Gasteiger partial charge on any atom is -0.388 e. The second-order valence-corrected chi connectivity index (χ2v) is 8.78. The number of halogens is 1. The number of hydrogen-bond donors (Lipinski definition) is 2. The van der Waals surface area contributed by atoms with Crippen LogP contribution in [0.25, 0.3) is 0 Å². The van der Waals surface area contributed by atoms with Gasteiger partial charge in [-0.15, -0.1) is 11.3 Å². The molecule has 0 amide bonds. The van der Waals surface area contributed by atoms with Crippen LogP contribution in [0.15, 0.2) is 17.1 Å². The molecule has 8 heteroatoms. The zero-order valence-corrected chi connectivity index (χ0v) is 17.0. The van der Waals surface area contributed by atoms with E-state index in [-0.39, 0.29) is 0 Å². The molecule has 1 aromatic heterocycles. The maximum Gasteiger partial charge on any atom is 0.194 e. The Balaban J connectivity index is 1.53. The first-order valence-corrected chi connectivity index (χ1v) is 10.6. The third-order valence-corrected chi connectivity index (χ3v) is 6.18. The van der Waals surface area contributed by atoms with E-state index in [2.05, 4.69) is 28.1 Å². The standard InChI is InChI=1S/C18H29ClN4O2S/c1-2-20-17(21-14-18(24)5-11-25-12-6-18)23-9-7-22(8-10-23)13-15-3-4-16(19)26-15/h3-4,24H,2,5-14H2,1H3,(H,20,21). The second kappa shape index (κ2) is 9.37. The summed E-state index contributed by atoms with van der Waals surface area (Å²) in [5.41, 5.74) is -0.723. The second-order valence-electron chi connectivity index (χ2n) is 6.98. The lowest BCUT2D eigenvalue weighted by atomic mass is 9.95. The van der Waals surface area contributed by atoms with Crippen LogP contribution in [0.1, 0.15) is 24.6 Å². The molecule has 0 atom stereocenters. The quantitative estimate of drug-likeness (QED) is 0.585. The van der Waals surface area contributed by atoms with Crippen molar-refractivity contribution in [3.8, 4) is 0 Å². The molecule has 2 aliphatic rings. The number of ether oxygens (including phenoxy) is 1. The number of guanidine groups is 1. The van der Waals surface area contributed by atoms with Gasteiger partial charge in [0.05, 0.1) is 16.5 Å². The van der Waals surface area contributed by atoms with Crippen LogP contribution in [0, 0.1) is 0 Å². The molecule has 0 unspecified atom stereocenters. The summed E-state index contributed by atoms with van der Waals surface area (Å²) in [5.74, 6) is 0.909. The van der Waals surface area contributed by atoms with Gasteiger partial charge in [0.15, 0.2) is 5.96 Å². The highest BCUT2D eigenvalue weighted by molar-refractivity contribution is 7.16. The molecule has 0 aromatic carbocycles.